The Morgan fingerprint density at radius 3 is 2.89 bits per heavy atom. The minimum Gasteiger partial charge on any atom is -0.124 e. The second-order valence-electron chi connectivity index (χ2n) is 2.73. The zero-order valence-corrected chi connectivity index (χ0v) is 6.74. The zero-order chi connectivity index (χ0) is 6.74. The van der Waals surface area contributed by atoms with Gasteiger partial charge in [-0.2, -0.15) is 0 Å². The molecule has 0 unspecified atom stereocenters. The van der Waals surface area contributed by atoms with Crippen molar-refractivity contribution in [3.8, 4) is 0 Å². The summed E-state index contributed by atoms with van der Waals surface area (Å²) in [6, 6.07) is 0. The molecule has 0 spiro atoms. The smallest absolute Gasteiger partial charge is 0.0323 e. The van der Waals surface area contributed by atoms with Gasteiger partial charge in [-0.1, -0.05) is 18.2 Å². The molecule has 1 heterocycles. The van der Waals surface area contributed by atoms with Crippen LogP contribution in [0.25, 0.3) is 0 Å². The normalized spacial score (nSPS) is 23.8. The lowest BCUT2D eigenvalue weighted by Gasteiger charge is -2.14. The lowest BCUT2D eigenvalue weighted by molar-refractivity contribution is 0.901. The van der Waals surface area contributed by atoms with E-state index in [2.05, 4.69) is 37.5 Å². The quantitative estimate of drug-likeness (QED) is 0.466. The first-order valence-corrected chi connectivity index (χ1v) is 4.09. The lowest BCUT2D eigenvalue weighted by Crippen LogP contribution is -2.07. The molecule has 0 aromatic carbocycles. The van der Waals surface area contributed by atoms with Crippen molar-refractivity contribution in [1.82, 2.24) is 0 Å². The van der Waals surface area contributed by atoms with E-state index >= 15 is 0 Å². The van der Waals surface area contributed by atoms with Crippen molar-refractivity contribution in [3.63, 3.8) is 0 Å². The topological polar surface area (TPSA) is 0 Å². The highest BCUT2D eigenvalue weighted by Gasteiger charge is 2.12. The van der Waals surface area contributed by atoms with E-state index in [4.69, 9.17) is 0 Å². The largest absolute Gasteiger partial charge is 0.124 e. The Morgan fingerprint density at radius 1 is 1.33 bits per heavy atom. The maximum Gasteiger partial charge on any atom is 0.0323 e. The molecule has 1 rings (SSSR count). The zero-order valence-electron chi connectivity index (χ0n) is 5.92. The van der Waals surface area contributed by atoms with Crippen LogP contribution in [0.5, 0.6) is 0 Å². The van der Waals surface area contributed by atoms with Crippen LogP contribution in [0.2, 0.25) is 0 Å². The number of hydrogen-bond acceptors (Lipinski definition) is 1. The molecule has 50 valence electrons. The van der Waals surface area contributed by atoms with Gasteiger partial charge in [0.15, 0.2) is 0 Å². The van der Waals surface area contributed by atoms with Crippen molar-refractivity contribution in [2.24, 2.45) is 0 Å². The summed E-state index contributed by atoms with van der Waals surface area (Å²) in [5.41, 5.74) is 0. The molecule has 1 heteroatoms. The number of hydrogen-bond donors (Lipinski definition) is 0. The van der Waals surface area contributed by atoms with Crippen molar-refractivity contribution in [1.29, 1.82) is 0 Å². The second-order valence-corrected chi connectivity index (χ2v) is 4.29. The highest BCUT2D eigenvalue weighted by molar-refractivity contribution is 8.03. The molecule has 1 aliphatic heterocycles. The summed E-state index contributed by atoms with van der Waals surface area (Å²) < 4.78 is 0.312. The van der Waals surface area contributed by atoms with Crippen LogP contribution in [-0.2, 0) is 0 Å². The first-order chi connectivity index (χ1) is 4.21. The standard InChI is InChI=1S/C8H12S/c1-8(2)6-4-3-5-7-9-8/h4-7H,3H2,1-2H3. The number of allylic oxidation sites excluding steroid dienone is 2. The van der Waals surface area contributed by atoms with Gasteiger partial charge in [-0.3, -0.25) is 0 Å². The molecule has 0 nitrogen and oxygen atoms in total. The summed E-state index contributed by atoms with van der Waals surface area (Å²) in [6.45, 7) is 4.45. The van der Waals surface area contributed by atoms with E-state index in [0.717, 1.165) is 6.42 Å². The summed E-state index contributed by atoms with van der Waals surface area (Å²) in [5, 5.41) is 2.18. The molecule has 1 aliphatic rings. The van der Waals surface area contributed by atoms with E-state index in [1.807, 2.05) is 11.8 Å². The predicted octanol–water partition coefficient (Wildman–Crippen LogP) is 2.97. The average Bonchev–Trinajstić information content (AvgIpc) is 1.92. The fraction of sp³-hybridized carbons (Fsp3) is 0.500. The number of rotatable bonds is 0. The Labute approximate surface area is 61.0 Å². The molecule has 0 N–H and O–H groups in total. The molecule has 0 aromatic rings. The van der Waals surface area contributed by atoms with Gasteiger partial charge in [-0.05, 0) is 25.7 Å². The van der Waals surface area contributed by atoms with Crippen LogP contribution in [0.4, 0.5) is 0 Å². The van der Waals surface area contributed by atoms with E-state index in [9.17, 15) is 0 Å². The summed E-state index contributed by atoms with van der Waals surface area (Å²) in [4.78, 5) is 0. The number of thioether (sulfide) groups is 1. The van der Waals surface area contributed by atoms with Gasteiger partial charge in [0.05, 0.1) is 0 Å². The van der Waals surface area contributed by atoms with Crippen LogP contribution in [0.1, 0.15) is 20.3 Å². The summed E-state index contributed by atoms with van der Waals surface area (Å²) in [6.07, 6.45) is 7.76. The summed E-state index contributed by atoms with van der Waals surface area (Å²) >= 11 is 1.87. The summed E-state index contributed by atoms with van der Waals surface area (Å²) in [5.74, 6) is 0. The first kappa shape index (κ1) is 6.94. The molecule has 9 heavy (non-hydrogen) atoms. The van der Waals surface area contributed by atoms with Gasteiger partial charge in [0.25, 0.3) is 0 Å². The Morgan fingerprint density at radius 2 is 2.11 bits per heavy atom. The van der Waals surface area contributed by atoms with Gasteiger partial charge in [0.2, 0.25) is 0 Å². The predicted molar refractivity (Wildman–Crippen MR) is 44.6 cm³/mol. The van der Waals surface area contributed by atoms with E-state index in [0.29, 0.717) is 4.75 Å². The second kappa shape index (κ2) is 2.61. The Hall–Kier alpha value is -0.170. The third-order valence-corrected chi connectivity index (χ3v) is 2.33. The first-order valence-electron chi connectivity index (χ1n) is 3.21. The SMILES string of the molecule is CC1(C)C=CCC=CS1. The van der Waals surface area contributed by atoms with Crippen LogP contribution >= 0.6 is 11.8 Å². The van der Waals surface area contributed by atoms with Gasteiger partial charge >= 0.3 is 0 Å². The average molecular weight is 140 g/mol. The third-order valence-electron chi connectivity index (χ3n) is 1.26. The highest BCUT2D eigenvalue weighted by atomic mass is 32.2. The fourth-order valence-corrected chi connectivity index (χ4v) is 1.48. The Balaban J connectivity index is 2.66. The van der Waals surface area contributed by atoms with Crippen molar-refractivity contribution in [2.45, 2.75) is 25.0 Å². The fourth-order valence-electron chi connectivity index (χ4n) is 0.749. The monoisotopic (exact) mass is 140 g/mol. The van der Waals surface area contributed by atoms with Gasteiger partial charge in [-0.25, -0.2) is 0 Å². The molecular formula is C8H12S. The van der Waals surface area contributed by atoms with Crippen molar-refractivity contribution >= 4 is 11.8 Å². The van der Waals surface area contributed by atoms with Gasteiger partial charge in [0, 0.05) is 4.75 Å². The third kappa shape index (κ3) is 2.27. The molecule has 0 radical (unpaired) electrons. The van der Waals surface area contributed by atoms with E-state index < -0.39 is 0 Å². The van der Waals surface area contributed by atoms with Gasteiger partial charge in [-0.15, -0.1) is 11.8 Å². The molecule has 0 bridgehead atoms. The van der Waals surface area contributed by atoms with Crippen molar-refractivity contribution in [2.75, 3.05) is 0 Å². The van der Waals surface area contributed by atoms with Crippen molar-refractivity contribution < 1.29 is 0 Å². The highest BCUT2D eigenvalue weighted by Crippen LogP contribution is 2.28. The Kier molecular flexibility index (Phi) is 2.01. The molecule has 0 fully saturated rings. The van der Waals surface area contributed by atoms with E-state index in [1.54, 1.807) is 0 Å². The molecule has 0 saturated carbocycles. The maximum absolute atomic E-state index is 2.26. The molecule has 0 atom stereocenters. The molecule has 0 saturated heterocycles. The van der Waals surface area contributed by atoms with Crippen LogP contribution in [0.3, 0.4) is 0 Å². The van der Waals surface area contributed by atoms with Gasteiger partial charge in [0.1, 0.15) is 0 Å². The van der Waals surface area contributed by atoms with Crippen LogP contribution in [-0.4, -0.2) is 4.75 Å². The van der Waals surface area contributed by atoms with Crippen LogP contribution < -0.4 is 0 Å². The van der Waals surface area contributed by atoms with Gasteiger partial charge < -0.3 is 0 Å². The molecule has 0 aliphatic carbocycles. The lowest BCUT2D eigenvalue weighted by atomic mass is 10.2. The van der Waals surface area contributed by atoms with Crippen LogP contribution in [0.15, 0.2) is 23.6 Å². The van der Waals surface area contributed by atoms with E-state index in [-0.39, 0.29) is 0 Å². The molecular weight excluding hydrogens is 128 g/mol. The maximum atomic E-state index is 2.26. The molecule has 0 amide bonds. The molecule has 0 aromatic heterocycles. The summed E-state index contributed by atoms with van der Waals surface area (Å²) in [7, 11) is 0. The van der Waals surface area contributed by atoms with Crippen LogP contribution in [0, 0.1) is 0 Å². The minimum absolute atomic E-state index is 0.312. The van der Waals surface area contributed by atoms with Crippen molar-refractivity contribution in [3.05, 3.63) is 23.6 Å². The Bertz CT molecular complexity index is 143. The minimum atomic E-state index is 0.312. The van der Waals surface area contributed by atoms with E-state index in [1.165, 1.54) is 0 Å².